The van der Waals surface area contributed by atoms with Crippen LogP contribution in [0.15, 0.2) is 6.33 Å². The minimum Gasteiger partial charge on any atom is -0.250 e. The molecule has 0 spiro atoms. The predicted octanol–water partition coefficient (Wildman–Crippen LogP) is 3.74. The van der Waals surface area contributed by atoms with Crippen molar-refractivity contribution >= 4 is 23.2 Å². The lowest BCUT2D eigenvalue weighted by atomic mass is 9.80. The Morgan fingerprint density at radius 2 is 2.00 bits per heavy atom. The van der Waals surface area contributed by atoms with Gasteiger partial charge in [0.05, 0.1) is 0 Å². The maximum Gasteiger partial charge on any atom is 0.138 e. The minimum atomic E-state index is -0.0736. The van der Waals surface area contributed by atoms with Crippen LogP contribution >= 0.6 is 23.2 Å². The van der Waals surface area contributed by atoms with E-state index in [2.05, 4.69) is 30.9 Å². The molecule has 0 amide bonds. The van der Waals surface area contributed by atoms with E-state index in [-0.39, 0.29) is 5.41 Å². The third-order valence-corrected chi connectivity index (χ3v) is 4.21. The zero-order valence-corrected chi connectivity index (χ0v) is 13.0. The number of alkyl halides is 2. The van der Waals surface area contributed by atoms with Crippen LogP contribution in [0.25, 0.3) is 0 Å². The Labute approximate surface area is 120 Å². The zero-order valence-electron chi connectivity index (χ0n) is 11.5. The first-order valence-electron chi connectivity index (χ1n) is 6.55. The van der Waals surface area contributed by atoms with Crippen LogP contribution < -0.4 is 0 Å². The first kappa shape index (κ1) is 15.8. The normalized spacial score (nSPS) is 12.3. The van der Waals surface area contributed by atoms with Crippen LogP contribution in [0.3, 0.4) is 0 Å². The van der Waals surface area contributed by atoms with E-state index >= 15 is 0 Å². The Morgan fingerprint density at radius 3 is 2.50 bits per heavy atom. The minimum absolute atomic E-state index is 0.0736. The molecule has 0 saturated carbocycles. The molecule has 0 radical (unpaired) electrons. The summed E-state index contributed by atoms with van der Waals surface area (Å²) in [6.45, 7) is 7.43. The molecule has 0 aliphatic rings. The average molecular weight is 292 g/mol. The number of nitrogens with zero attached hydrogens (tertiary/aromatic N) is 3. The Bertz CT molecular complexity index is 346. The first-order chi connectivity index (χ1) is 8.56. The summed E-state index contributed by atoms with van der Waals surface area (Å²) in [6.07, 6.45) is 4.49. The second kappa shape index (κ2) is 7.34. The molecular weight excluding hydrogens is 269 g/mol. The third kappa shape index (κ3) is 4.13. The van der Waals surface area contributed by atoms with Crippen molar-refractivity contribution in [2.24, 2.45) is 11.3 Å². The molecule has 0 aliphatic carbocycles. The average Bonchev–Trinajstić information content (AvgIpc) is 2.75. The highest BCUT2D eigenvalue weighted by Gasteiger charge is 2.31. The molecular formula is C13H23Cl2N3. The molecule has 1 aromatic rings. The van der Waals surface area contributed by atoms with Gasteiger partial charge in [-0.05, 0) is 18.8 Å². The maximum absolute atomic E-state index is 6.17. The van der Waals surface area contributed by atoms with Gasteiger partial charge < -0.3 is 0 Å². The van der Waals surface area contributed by atoms with Crippen molar-refractivity contribution in [1.29, 1.82) is 0 Å². The number of halogens is 2. The molecule has 1 aromatic heterocycles. The zero-order chi connectivity index (χ0) is 13.6. The van der Waals surface area contributed by atoms with Gasteiger partial charge >= 0.3 is 0 Å². The Morgan fingerprint density at radius 1 is 1.33 bits per heavy atom. The summed E-state index contributed by atoms with van der Waals surface area (Å²) in [4.78, 5) is 4.36. The standard InChI is InChI=1S/C13H23Cl2N3/c1-4-5-18-12(16-10-17-18)7-13(8-14,9-15)6-11(2)3/h10-11H,4-9H2,1-3H3. The molecule has 0 N–H and O–H groups in total. The molecule has 0 aromatic carbocycles. The van der Waals surface area contributed by atoms with Crippen LogP contribution in [0.5, 0.6) is 0 Å². The van der Waals surface area contributed by atoms with Gasteiger partial charge in [-0.25, -0.2) is 4.98 Å². The van der Waals surface area contributed by atoms with E-state index in [0.29, 0.717) is 17.7 Å². The molecule has 3 nitrogen and oxygen atoms in total. The van der Waals surface area contributed by atoms with Gasteiger partial charge in [0.1, 0.15) is 12.2 Å². The Balaban J connectivity index is 2.85. The molecule has 0 atom stereocenters. The van der Waals surface area contributed by atoms with E-state index in [1.54, 1.807) is 6.33 Å². The summed E-state index contributed by atoms with van der Waals surface area (Å²) >= 11 is 12.3. The van der Waals surface area contributed by atoms with Gasteiger partial charge in [0.2, 0.25) is 0 Å². The maximum atomic E-state index is 6.17. The molecule has 5 heteroatoms. The van der Waals surface area contributed by atoms with Gasteiger partial charge in [-0.3, -0.25) is 4.68 Å². The fourth-order valence-electron chi connectivity index (χ4n) is 2.34. The van der Waals surface area contributed by atoms with Gasteiger partial charge in [0.25, 0.3) is 0 Å². The molecule has 18 heavy (non-hydrogen) atoms. The molecule has 0 unspecified atom stereocenters. The monoisotopic (exact) mass is 291 g/mol. The predicted molar refractivity (Wildman–Crippen MR) is 77.3 cm³/mol. The van der Waals surface area contributed by atoms with Crippen LogP contribution in [0.1, 0.15) is 39.4 Å². The fourth-order valence-corrected chi connectivity index (χ4v) is 3.03. The Hall–Kier alpha value is -0.280. The third-order valence-electron chi connectivity index (χ3n) is 3.07. The van der Waals surface area contributed by atoms with Gasteiger partial charge in [-0.15, -0.1) is 23.2 Å². The largest absolute Gasteiger partial charge is 0.250 e. The molecule has 0 saturated heterocycles. The molecule has 1 heterocycles. The van der Waals surface area contributed by atoms with E-state index in [4.69, 9.17) is 23.2 Å². The second-order valence-electron chi connectivity index (χ2n) is 5.44. The van der Waals surface area contributed by atoms with Crippen LogP contribution in [0, 0.1) is 11.3 Å². The Kier molecular flexibility index (Phi) is 6.44. The molecule has 104 valence electrons. The van der Waals surface area contributed by atoms with Crippen molar-refractivity contribution in [3.63, 3.8) is 0 Å². The second-order valence-corrected chi connectivity index (χ2v) is 5.98. The summed E-state index contributed by atoms with van der Waals surface area (Å²) in [5.41, 5.74) is -0.0736. The topological polar surface area (TPSA) is 30.7 Å². The van der Waals surface area contributed by atoms with Crippen molar-refractivity contribution in [1.82, 2.24) is 14.8 Å². The van der Waals surface area contributed by atoms with Crippen LogP contribution in [-0.2, 0) is 13.0 Å². The van der Waals surface area contributed by atoms with Crippen molar-refractivity contribution in [3.05, 3.63) is 12.2 Å². The smallest absolute Gasteiger partial charge is 0.138 e. The molecule has 0 aliphatic heterocycles. The van der Waals surface area contributed by atoms with Crippen molar-refractivity contribution in [3.8, 4) is 0 Å². The molecule has 0 bridgehead atoms. The summed E-state index contributed by atoms with van der Waals surface area (Å²) in [5, 5.41) is 4.26. The van der Waals surface area contributed by atoms with Gasteiger partial charge in [0, 0.05) is 30.1 Å². The molecule has 0 fully saturated rings. The fraction of sp³-hybridized carbons (Fsp3) is 0.846. The summed E-state index contributed by atoms with van der Waals surface area (Å²) in [7, 11) is 0. The van der Waals surface area contributed by atoms with E-state index in [0.717, 1.165) is 31.6 Å². The van der Waals surface area contributed by atoms with Crippen LogP contribution in [0.4, 0.5) is 0 Å². The van der Waals surface area contributed by atoms with E-state index in [1.807, 2.05) is 4.68 Å². The lowest BCUT2D eigenvalue weighted by Crippen LogP contribution is -2.31. The van der Waals surface area contributed by atoms with E-state index in [1.165, 1.54) is 0 Å². The number of aromatic nitrogens is 3. The van der Waals surface area contributed by atoms with Crippen LogP contribution in [-0.4, -0.2) is 26.5 Å². The van der Waals surface area contributed by atoms with Gasteiger partial charge in [-0.2, -0.15) is 5.10 Å². The highest BCUT2D eigenvalue weighted by atomic mass is 35.5. The van der Waals surface area contributed by atoms with Crippen molar-refractivity contribution < 1.29 is 0 Å². The quantitative estimate of drug-likeness (QED) is 0.683. The van der Waals surface area contributed by atoms with E-state index in [9.17, 15) is 0 Å². The SMILES string of the molecule is CCCn1ncnc1CC(CCl)(CCl)CC(C)C. The number of hydrogen-bond donors (Lipinski definition) is 0. The van der Waals surface area contributed by atoms with E-state index < -0.39 is 0 Å². The number of aryl methyl sites for hydroxylation is 1. The van der Waals surface area contributed by atoms with Crippen molar-refractivity contribution in [2.75, 3.05) is 11.8 Å². The molecule has 1 rings (SSSR count). The van der Waals surface area contributed by atoms with Gasteiger partial charge in [-0.1, -0.05) is 20.8 Å². The van der Waals surface area contributed by atoms with Crippen molar-refractivity contribution in [2.45, 2.75) is 46.6 Å². The number of rotatable bonds is 8. The lowest BCUT2D eigenvalue weighted by Gasteiger charge is -2.31. The first-order valence-corrected chi connectivity index (χ1v) is 7.62. The summed E-state index contributed by atoms with van der Waals surface area (Å²) in [6, 6.07) is 0. The highest BCUT2D eigenvalue weighted by Crippen LogP contribution is 2.33. The van der Waals surface area contributed by atoms with Gasteiger partial charge in [0.15, 0.2) is 0 Å². The number of hydrogen-bond acceptors (Lipinski definition) is 2. The highest BCUT2D eigenvalue weighted by molar-refractivity contribution is 6.21. The van der Waals surface area contributed by atoms with Crippen LogP contribution in [0.2, 0.25) is 0 Å². The lowest BCUT2D eigenvalue weighted by molar-refractivity contribution is 0.284. The summed E-state index contributed by atoms with van der Waals surface area (Å²) < 4.78 is 1.97. The summed E-state index contributed by atoms with van der Waals surface area (Å²) in [5.74, 6) is 2.70.